The van der Waals surface area contributed by atoms with Crippen molar-refractivity contribution in [1.29, 1.82) is 0 Å². The van der Waals surface area contributed by atoms with Crippen LogP contribution in [0, 0.1) is 0 Å². The lowest BCUT2D eigenvalue weighted by atomic mass is 10.1. The molecule has 2 aromatic carbocycles. The highest BCUT2D eigenvalue weighted by Crippen LogP contribution is 2.24. The first-order valence-electron chi connectivity index (χ1n) is 5.15. The molecule has 2 rings (SSSR count). The minimum Gasteiger partial charge on any atom is -0.479 e. The number of halogens is 1. The van der Waals surface area contributed by atoms with Crippen LogP contribution in [0.15, 0.2) is 40.9 Å². The molecule has 0 aliphatic heterocycles. The summed E-state index contributed by atoms with van der Waals surface area (Å²) in [6.07, 6.45) is -0.845. The molecule has 3 nitrogen and oxygen atoms in total. The Balaban J connectivity index is 2.32. The number of rotatable bonds is 3. The summed E-state index contributed by atoms with van der Waals surface area (Å²) in [5, 5.41) is 10.9. The van der Waals surface area contributed by atoms with E-state index < -0.39 is 12.1 Å². The van der Waals surface area contributed by atoms with Gasteiger partial charge in [-0.1, -0.05) is 28.1 Å². The van der Waals surface area contributed by atoms with Crippen LogP contribution < -0.4 is 4.74 Å². The minimum absolute atomic E-state index is 0.565. The van der Waals surface area contributed by atoms with Gasteiger partial charge in [0.2, 0.25) is 0 Å². The molecular formula is C13H11BrO3. The molecule has 0 aliphatic carbocycles. The second-order valence-corrected chi connectivity index (χ2v) is 4.67. The predicted molar refractivity (Wildman–Crippen MR) is 69.4 cm³/mol. The molecular weight excluding hydrogens is 284 g/mol. The van der Waals surface area contributed by atoms with Crippen molar-refractivity contribution in [3.05, 3.63) is 40.9 Å². The third kappa shape index (κ3) is 2.77. The summed E-state index contributed by atoms with van der Waals surface area (Å²) in [5.74, 6) is -0.407. The molecule has 0 saturated carbocycles. The van der Waals surface area contributed by atoms with Gasteiger partial charge in [-0.05, 0) is 42.0 Å². The molecule has 0 saturated heterocycles. The maximum absolute atomic E-state index is 10.7. The Morgan fingerprint density at radius 1 is 1.24 bits per heavy atom. The Hall–Kier alpha value is -1.55. The summed E-state index contributed by atoms with van der Waals surface area (Å²) < 4.78 is 6.31. The lowest BCUT2D eigenvalue weighted by Gasteiger charge is -2.10. The Kier molecular flexibility index (Phi) is 3.33. The van der Waals surface area contributed by atoms with E-state index in [9.17, 15) is 4.79 Å². The van der Waals surface area contributed by atoms with Gasteiger partial charge in [0.1, 0.15) is 5.75 Å². The quantitative estimate of drug-likeness (QED) is 0.943. The molecule has 0 amide bonds. The highest BCUT2D eigenvalue weighted by molar-refractivity contribution is 9.10. The number of ether oxygens (including phenoxy) is 1. The highest BCUT2D eigenvalue weighted by Gasteiger charge is 2.12. The molecule has 1 atom stereocenters. The van der Waals surface area contributed by atoms with Gasteiger partial charge in [-0.25, -0.2) is 4.79 Å². The molecule has 0 aromatic heterocycles. The van der Waals surface area contributed by atoms with Crippen molar-refractivity contribution >= 4 is 32.7 Å². The Morgan fingerprint density at radius 2 is 1.88 bits per heavy atom. The molecule has 1 N–H and O–H groups in total. The normalized spacial score (nSPS) is 12.4. The number of carboxylic acids is 1. The standard InChI is InChI=1S/C13H11BrO3/c1-8(13(15)16)17-12-5-3-9-6-11(14)4-2-10(9)7-12/h2-8H,1H3,(H,15,16)/t8-/m0/s1. The molecule has 17 heavy (non-hydrogen) atoms. The monoisotopic (exact) mass is 294 g/mol. The van der Waals surface area contributed by atoms with Crippen molar-refractivity contribution in [2.24, 2.45) is 0 Å². The number of hydrogen-bond acceptors (Lipinski definition) is 2. The highest BCUT2D eigenvalue weighted by atomic mass is 79.9. The van der Waals surface area contributed by atoms with Crippen LogP contribution in [0.4, 0.5) is 0 Å². The smallest absolute Gasteiger partial charge is 0.344 e. The zero-order valence-corrected chi connectivity index (χ0v) is 10.8. The van der Waals surface area contributed by atoms with Crippen molar-refractivity contribution in [2.45, 2.75) is 13.0 Å². The lowest BCUT2D eigenvalue weighted by Crippen LogP contribution is -2.22. The van der Waals surface area contributed by atoms with Gasteiger partial charge in [0.25, 0.3) is 0 Å². The van der Waals surface area contributed by atoms with Crippen molar-refractivity contribution in [2.75, 3.05) is 0 Å². The molecule has 88 valence electrons. The van der Waals surface area contributed by atoms with E-state index >= 15 is 0 Å². The van der Waals surface area contributed by atoms with Crippen LogP contribution in [0.25, 0.3) is 10.8 Å². The van der Waals surface area contributed by atoms with Crippen LogP contribution in [0.2, 0.25) is 0 Å². The molecule has 4 heteroatoms. The maximum Gasteiger partial charge on any atom is 0.344 e. The predicted octanol–water partition coefficient (Wildman–Crippen LogP) is 3.45. The summed E-state index contributed by atoms with van der Waals surface area (Å²) in [7, 11) is 0. The van der Waals surface area contributed by atoms with Gasteiger partial charge < -0.3 is 9.84 Å². The van der Waals surface area contributed by atoms with Gasteiger partial charge in [0.15, 0.2) is 6.10 Å². The minimum atomic E-state index is -0.971. The zero-order chi connectivity index (χ0) is 12.4. The van der Waals surface area contributed by atoms with Crippen LogP contribution >= 0.6 is 15.9 Å². The van der Waals surface area contributed by atoms with Crippen LogP contribution in [0.5, 0.6) is 5.75 Å². The van der Waals surface area contributed by atoms with E-state index in [4.69, 9.17) is 9.84 Å². The summed E-state index contributed by atoms with van der Waals surface area (Å²) in [4.78, 5) is 10.7. The molecule has 0 spiro atoms. The molecule has 2 aromatic rings. The molecule has 0 heterocycles. The number of carbonyl (C=O) groups is 1. The second kappa shape index (κ2) is 4.75. The van der Waals surface area contributed by atoms with Crippen LogP contribution in [0.3, 0.4) is 0 Å². The number of carboxylic acid groups (broad SMARTS) is 1. The largest absolute Gasteiger partial charge is 0.479 e. The second-order valence-electron chi connectivity index (χ2n) is 3.75. The first-order valence-corrected chi connectivity index (χ1v) is 5.94. The van der Waals surface area contributed by atoms with Gasteiger partial charge in [0.05, 0.1) is 0 Å². The number of hydrogen-bond donors (Lipinski definition) is 1. The van der Waals surface area contributed by atoms with Gasteiger partial charge >= 0.3 is 5.97 Å². The van der Waals surface area contributed by atoms with E-state index in [1.165, 1.54) is 6.92 Å². The fraction of sp³-hybridized carbons (Fsp3) is 0.154. The fourth-order valence-electron chi connectivity index (χ4n) is 1.52. The van der Waals surface area contributed by atoms with Crippen molar-refractivity contribution in [3.8, 4) is 5.75 Å². The van der Waals surface area contributed by atoms with Crippen molar-refractivity contribution in [3.63, 3.8) is 0 Å². The van der Waals surface area contributed by atoms with Crippen LogP contribution in [-0.2, 0) is 4.79 Å². The average Bonchev–Trinajstić information content (AvgIpc) is 2.29. The van der Waals surface area contributed by atoms with E-state index in [0.29, 0.717) is 5.75 Å². The van der Waals surface area contributed by atoms with E-state index in [2.05, 4.69) is 15.9 Å². The third-order valence-electron chi connectivity index (χ3n) is 2.43. The topological polar surface area (TPSA) is 46.5 Å². The summed E-state index contributed by atoms with van der Waals surface area (Å²) in [6, 6.07) is 11.4. The summed E-state index contributed by atoms with van der Waals surface area (Å²) in [6.45, 7) is 1.51. The first-order chi connectivity index (χ1) is 8.06. The van der Waals surface area contributed by atoms with Gasteiger partial charge in [-0.15, -0.1) is 0 Å². The van der Waals surface area contributed by atoms with Gasteiger partial charge in [-0.3, -0.25) is 0 Å². The molecule has 0 fully saturated rings. The number of benzene rings is 2. The van der Waals surface area contributed by atoms with E-state index in [0.717, 1.165) is 15.2 Å². The van der Waals surface area contributed by atoms with Gasteiger partial charge in [0, 0.05) is 4.47 Å². The van der Waals surface area contributed by atoms with E-state index in [1.54, 1.807) is 6.07 Å². The number of aliphatic carboxylic acids is 1. The van der Waals surface area contributed by atoms with Gasteiger partial charge in [-0.2, -0.15) is 0 Å². The molecule has 0 bridgehead atoms. The first kappa shape index (κ1) is 11.9. The molecule has 0 radical (unpaired) electrons. The fourth-order valence-corrected chi connectivity index (χ4v) is 1.90. The zero-order valence-electron chi connectivity index (χ0n) is 9.18. The number of fused-ring (bicyclic) bond motifs is 1. The van der Waals surface area contributed by atoms with Crippen LogP contribution in [0.1, 0.15) is 6.92 Å². The third-order valence-corrected chi connectivity index (χ3v) is 2.93. The Labute approximate surface area is 107 Å². The van der Waals surface area contributed by atoms with E-state index in [1.807, 2.05) is 30.3 Å². The molecule has 0 aliphatic rings. The molecule has 0 unspecified atom stereocenters. The summed E-state index contributed by atoms with van der Waals surface area (Å²) >= 11 is 3.40. The van der Waals surface area contributed by atoms with Crippen LogP contribution in [-0.4, -0.2) is 17.2 Å². The van der Waals surface area contributed by atoms with E-state index in [-0.39, 0.29) is 0 Å². The maximum atomic E-state index is 10.7. The Morgan fingerprint density at radius 3 is 2.59 bits per heavy atom. The van der Waals surface area contributed by atoms with Crippen molar-refractivity contribution in [1.82, 2.24) is 0 Å². The lowest BCUT2D eigenvalue weighted by molar-refractivity contribution is -0.144. The Bertz CT molecular complexity index is 566. The average molecular weight is 295 g/mol. The summed E-state index contributed by atoms with van der Waals surface area (Å²) in [5.41, 5.74) is 0. The SMILES string of the molecule is C[C@H](Oc1ccc2cc(Br)ccc2c1)C(=O)O. The van der Waals surface area contributed by atoms with Crippen molar-refractivity contribution < 1.29 is 14.6 Å².